The van der Waals surface area contributed by atoms with Crippen molar-refractivity contribution in [1.29, 1.82) is 0 Å². The van der Waals surface area contributed by atoms with Crippen LogP contribution < -0.4 is 10.2 Å². The Bertz CT molecular complexity index is 786. The van der Waals surface area contributed by atoms with E-state index in [4.69, 9.17) is 0 Å². The summed E-state index contributed by atoms with van der Waals surface area (Å²) in [6.07, 6.45) is 1.86. The number of nitrogens with zero attached hydrogens (tertiary/aromatic N) is 1. The lowest BCUT2D eigenvalue weighted by Gasteiger charge is -2.16. The maximum Gasteiger partial charge on any atom is 0.228 e. The summed E-state index contributed by atoms with van der Waals surface area (Å²) in [6, 6.07) is 11.8. The SMILES string of the molecule is Cc1cc(C)c(NC(=O)Cc2ccc(N3CCCC3=O)cc2)c(C)c1. The molecule has 0 bridgehead atoms. The number of anilines is 2. The molecule has 130 valence electrons. The minimum atomic E-state index is -0.0277. The molecule has 1 aliphatic rings. The highest BCUT2D eigenvalue weighted by Gasteiger charge is 2.21. The normalized spacial score (nSPS) is 14.0. The van der Waals surface area contributed by atoms with Crippen LogP contribution in [0.25, 0.3) is 0 Å². The molecule has 0 spiro atoms. The number of hydrogen-bond donors (Lipinski definition) is 1. The van der Waals surface area contributed by atoms with Gasteiger partial charge in [-0.25, -0.2) is 0 Å². The van der Waals surface area contributed by atoms with Gasteiger partial charge in [-0.05, 0) is 56.0 Å². The molecule has 1 N–H and O–H groups in total. The molecule has 0 saturated carbocycles. The predicted octanol–water partition coefficient (Wildman–Crippen LogP) is 3.92. The molecule has 3 rings (SSSR count). The van der Waals surface area contributed by atoms with E-state index in [-0.39, 0.29) is 11.8 Å². The second-order valence-corrected chi connectivity index (χ2v) is 6.81. The average molecular weight is 336 g/mol. The standard InChI is InChI=1S/C21H24N2O2/c1-14-11-15(2)21(16(3)12-14)22-19(24)13-17-6-8-18(9-7-17)23-10-4-5-20(23)25/h6-9,11-12H,4-5,10,13H2,1-3H3,(H,22,24). The first-order chi connectivity index (χ1) is 11.9. The lowest BCUT2D eigenvalue weighted by molar-refractivity contribution is -0.117. The van der Waals surface area contributed by atoms with Crippen molar-refractivity contribution in [3.05, 3.63) is 58.7 Å². The monoisotopic (exact) mass is 336 g/mol. The van der Waals surface area contributed by atoms with Gasteiger partial charge in [-0.2, -0.15) is 0 Å². The van der Waals surface area contributed by atoms with Crippen LogP contribution >= 0.6 is 0 Å². The molecule has 2 aromatic carbocycles. The number of nitrogens with one attached hydrogen (secondary N) is 1. The summed E-state index contributed by atoms with van der Waals surface area (Å²) in [4.78, 5) is 26.0. The van der Waals surface area contributed by atoms with E-state index in [2.05, 4.69) is 24.4 Å². The number of aryl methyl sites for hydroxylation is 3. The van der Waals surface area contributed by atoms with Crippen LogP contribution in [0.5, 0.6) is 0 Å². The number of rotatable bonds is 4. The van der Waals surface area contributed by atoms with Gasteiger partial charge in [-0.1, -0.05) is 29.8 Å². The Morgan fingerprint density at radius 3 is 2.28 bits per heavy atom. The van der Waals surface area contributed by atoms with E-state index in [1.165, 1.54) is 5.56 Å². The van der Waals surface area contributed by atoms with Gasteiger partial charge in [0.15, 0.2) is 0 Å². The van der Waals surface area contributed by atoms with Gasteiger partial charge >= 0.3 is 0 Å². The van der Waals surface area contributed by atoms with E-state index >= 15 is 0 Å². The third-order valence-electron chi connectivity index (χ3n) is 4.63. The third-order valence-corrected chi connectivity index (χ3v) is 4.63. The van der Waals surface area contributed by atoms with Crippen LogP contribution in [0.3, 0.4) is 0 Å². The highest BCUT2D eigenvalue weighted by Crippen LogP contribution is 2.23. The molecule has 2 aromatic rings. The van der Waals surface area contributed by atoms with Crippen molar-refractivity contribution in [2.45, 2.75) is 40.0 Å². The lowest BCUT2D eigenvalue weighted by Crippen LogP contribution is -2.23. The van der Waals surface area contributed by atoms with Crippen LogP contribution in [0.4, 0.5) is 11.4 Å². The Balaban J connectivity index is 1.66. The Morgan fingerprint density at radius 1 is 1.08 bits per heavy atom. The maximum atomic E-state index is 12.4. The van der Waals surface area contributed by atoms with Crippen molar-refractivity contribution in [2.75, 3.05) is 16.8 Å². The van der Waals surface area contributed by atoms with Gasteiger partial charge in [0.25, 0.3) is 0 Å². The first-order valence-electron chi connectivity index (χ1n) is 8.71. The summed E-state index contributed by atoms with van der Waals surface area (Å²) in [5.41, 5.74) is 6.10. The van der Waals surface area contributed by atoms with Crippen molar-refractivity contribution in [1.82, 2.24) is 0 Å². The van der Waals surface area contributed by atoms with Crippen molar-refractivity contribution in [2.24, 2.45) is 0 Å². The van der Waals surface area contributed by atoms with Crippen LogP contribution in [-0.4, -0.2) is 18.4 Å². The van der Waals surface area contributed by atoms with E-state index in [1.54, 1.807) is 0 Å². The van der Waals surface area contributed by atoms with E-state index in [0.717, 1.165) is 41.0 Å². The summed E-state index contributed by atoms with van der Waals surface area (Å²) >= 11 is 0. The van der Waals surface area contributed by atoms with E-state index < -0.39 is 0 Å². The Labute approximate surface area is 148 Å². The fraction of sp³-hybridized carbons (Fsp3) is 0.333. The van der Waals surface area contributed by atoms with Gasteiger partial charge < -0.3 is 10.2 Å². The minimum Gasteiger partial charge on any atom is -0.325 e. The van der Waals surface area contributed by atoms with Crippen molar-refractivity contribution in [3.63, 3.8) is 0 Å². The van der Waals surface area contributed by atoms with Crippen LogP contribution in [0, 0.1) is 20.8 Å². The first kappa shape index (κ1) is 17.2. The fourth-order valence-electron chi connectivity index (χ4n) is 3.46. The van der Waals surface area contributed by atoms with E-state index in [1.807, 2.05) is 43.0 Å². The first-order valence-corrected chi connectivity index (χ1v) is 8.71. The number of carbonyl (C=O) groups excluding carboxylic acids is 2. The lowest BCUT2D eigenvalue weighted by atomic mass is 10.0. The van der Waals surface area contributed by atoms with Gasteiger partial charge in [0.2, 0.25) is 11.8 Å². The van der Waals surface area contributed by atoms with E-state index in [0.29, 0.717) is 12.8 Å². The summed E-state index contributed by atoms with van der Waals surface area (Å²) in [7, 11) is 0. The molecular weight excluding hydrogens is 312 g/mol. The molecule has 0 radical (unpaired) electrons. The smallest absolute Gasteiger partial charge is 0.228 e. The third kappa shape index (κ3) is 3.90. The molecule has 1 fully saturated rings. The van der Waals surface area contributed by atoms with Gasteiger partial charge in [0.1, 0.15) is 0 Å². The zero-order valence-corrected chi connectivity index (χ0v) is 15.1. The van der Waals surface area contributed by atoms with Crippen LogP contribution in [0.2, 0.25) is 0 Å². The summed E-state index contributed by atoms with van der Waals surface area (Å²) < 4.78 is 0. The molecule has 4 nitrogen and oxygen atoms in total. The summed E-state index contributed by atoms with van der Waals surface area (Å²) in [6.45, 7) is 6.86. The molecular formula is C21H24N2O2. The van der Waals surface area contributed by atoms with Crippen LogP contribution in [0.1, 0.15) is 35.1 Å². The maximum absolute atomic E-state index is 12.4. The van der Waals surface area contributed by atoms with Crippen LogP contribution in [-0.2, 0) is 16.0 Å². The minimum absolute atomic E-state index is 0.0277. The fourth-order valence-corrected chi connectivity index (χ4v) is 3.46. The molecule has 25 heavy (non-hydrogen) atoms. The van der Waals surface area contributed by atoms with Gasteiger partial charge in [-0.15, -0.1) is 0 Å². The number of hydrogen-bond acceptors (Lipinski definition) is 2. The largest absolute Gasteiger partial charge is 0.325 e. The Hall–Kier alpha value is -2.62. The van der Waals surface area contributed by atoms with Crippen molar-refractivity contribution >= 4 is 23.2 Å². The zero-order valence-electron chi connectivity index (χ0n) is 15.1. The molecule has 1 aliphatic heterocycles. The molecule has 0 unspecified atom stereocenters. The average Bonchev–Trinajstić information content (AvgIpc) is 2.98. The molecule has 4 heteroatoms. The second-order valence-electron chi connectivity index (χ2n) is 6.81. The topological polar surface area (TPSA) is 49.4 Å². The predicted molar refractivity (Wildman–Crippen MR) is 101 cm³/mol. The van der Waals surface area contributed by atoms with Gasteiger partial charge in [0.05, 0.1) is 6.42 Å². The number of amides is 2. The summed E-state index contributed by atoms with van der Waals surface area (Å²) in [5, 5.41) is 3.03. The molecule has 1 heterocycles. The Morgan fingerprint density at radius 2 is 1.72 bits per heavy atom. The number of carbonyl (C=O) groups is 2. The number of benzene rings is 2. The van der Waals surface area contributed by atoms with Crippen molar-refractivity contribution < 1.29 is 9.59 Å². The molecule has 1 saturated heterocycles. The molecule has 0 atom stereocenters. The molecule has 0 aliphatic carbocycles. The Kier molecular flexibility index (Phi) is 4.88. The highest BCUT2D eigenvalue weighted by molar-refractivity contribution is 5.96. The summed E-state index contributed by atoms with van der Waals surface area (Å²) in [5.74, 6) is 0.149. The molecule has 2 amide bonds. The molecule has 0 aromatic heterocycles. The van der Waals surface area contributed by atoms with Crippen molar-refractivity contribution in [3.8, 4) is 0 Å². The van der Waals surface area contributed by atoms with E-state index in [9.17, 15) is 9.59 Å². The zero-order chi connectivity index (χ0) is 18.0. The second kappa shape index (κ2) is 7.09. The quantitative estimate of drug-likeness (QED) is 0.920. The highest BCUT2D eigenvalue weighted by atomic mass is 16.2. The van der Waals surface area contributed by atoms with Crippen LogP contribution in [0.15, 0.2) is 36.4 Å². The van der Waals surface area contributed by atoms with Gasteiger partial charge in [-0.3, -0.25) is 9.59 Å². The van der Waals surface area contributed by atoms with Gasteiger partial charge in [0, 0.05) is 24.3 Å².